The monoisotopic (exact) mass is 251 g/mol. The number of carbonyl (C=O) groups is 1. The molecular weight excluding hydrogens is 230 g/mol. The van der Waals surface area contributed by atoms with Gasteiger partial charge in [0.2, 0.25) is 5.88 Å². The SMILES string of the molecule is CC(C)(C)NCCCOc1cccc(C(N)=O)n1. The van der Waals surface area contributed by atoms with E-state index in [0.29, 0.717) is 12.5 Å². The van der Waals surface area contributed by atoms with Gasteiger partial charge < -0.3 is 15.8 Å². The van der Waals surface area contributed by atoms with Gasteiger partial charge in [-0.3, -0.25) is 4.79 Å². The Morgan fingerprint density at radius 1 is 1.44 bits per heavy atom. The Hall–Kier alpha value is -1.62. The van der Waals surface area contributed by atoms with Crippen LogP contribution in [0.2, 0.25) is 0 Å². The van der Waals surface area contributed by atoms with Gasteiger partial charge in [-0.2, -0.15) is 0 Å². The Balaban J connectivity index is 2.31. The second-order valence-electron chi connectivity index (χ2n) is 5.10. The number of primary amides is 1. The molecule has 18 heavy (non-hydrogen) atoms. The zero-order chi connectivity index (χ0) is 13.6. The highest BCUT2D eigenvalue weighted by atomic mass is 16.5. The molecule has 0 fully saturated rings. The molecule has 0 aliphatic rings. The third-order valence-corrected chi connectivity index (χ3v) is 2.20. The van der Waals surface area contributed by atoms with Crippen molar-refractivity contribution in [3.8, 4) is 5.88 Å². The van der Waals surface area contributed by atoms with Crippen LogP contribution in [0.3, 0.4) is 0 Å². The van der Waals surface area contributed by atoms with Crippen LogP contribution in [0.1, 0.15) is 37.7 Å². The maximum Gasteiger partial charge on any atom is 0.267 e. The zero-order valence-electron chi connectivity index (χ0n) is 11.2. The van der Waals surface area contributed by atoms with E-state index in [1.807, 2.05) is 0 Å². The largest absolute Gasteiger partial charge is 0.478 e. The van der Waals surface area contributed by atoms with Gasteiger partial charge in [0, 0.05) is 11.6 Å². The molecule has 0 aliphatic carbocycles. The van der Waals surface area contributed by atoms with Gasteiger partial charge in [0.25, 0.3) is 5.91 Å². The molecule has 0 bridgehead atoms. The number of nitrogens with zero attached hydrogens (tertiary/aromatic N) is 1. The smallest absolute Gasteiger partial charge is 0.267 e. The van der Waals surface area contributed by atoms with E-state index in [4.69, 9.17) is 10.5 Å². The van der Waals surface area contributed by atoms with Crippen LogP contribution in [0.4, 0.5) is 0 Å². The molecule has 0 saturated carbocycles. The molecular formula is C13H21N3O2. The molecule has 0 atom stereocenters. The second kappa shape index (κ2) is 6.35. The molecule has 0 spiro atoms. The maximum absolute atomic E-state index is 10.9. The number of amides is 1. The molecule has 100 valence electrons. The first-order valence-electron chi connectivity index (χ1n) is 6.03. The standard InChI is InChI=1S/C13H21N3O2/c1-13(2,3)15-8-5-9-18-11-7-4-6-10(16-11)12(14)17/h4,6-7,15H,5,8-9H2,1-3H3,(H2,14,17). The number of ether oxygens (including phenoxy) is 1. The van der Waals surface area contributed by atoms with E-state index in [-0.39, 0.29) is 11.2 Å². The van der Waals surface area contributed by atoms with Crippen molar-refractivity contribution in [3.05, 3.63) is 23.9 Å². The molecule has 1 heterocycles. The summed E-state index contributed by atoms with van der Waals surface area (Å²) < 4.78 is 5.45. The molecule has 1 aromatic rings. The lowest BCUT2D eigenvalue weighted by molar-refractivity contribution is 0.0994. The molecule has 1 rings (SSSR count). The third-order valence-electron chi connectivity index (χ3n) is 2.20. The first kappa shape index (κ1) is 14.4. The molecule has 1 aromatic heterocycles. The summed E-state index contributed by atoms with van der Waals surface area (Å²) in [4.78, 5) is 14.9. The lowest BCUT2D eigenvalue weighted by atomic mass is 10.1. The molecule has 0 unspecified atom stereocenters. The predicted molar refractivity (Wildman–Crippen MR) is 70.6 cm³/mol. The van der Waals surface area contributed by atoms with Crippen molar-refractivity contribution in [2.75, 3.05) is 13.2 Å². The number of hydrogen-bond acceptors (Lipinski definition) is 4. The predicted octanol–water partition coefficient (Wildman–Crippen LogP) is 1.34. The Morgan fingerprint density at radius 3 is 2.78 bits per heavy atom. The number of nitrogens with one attached hydrogen (secondary N) is 1. The number of nitrogens with two attached hydrogens (primary N) is 1. The van der Waals surface area contributed by atoms with E-state index in [9.17, 15) is 4.79 Å². The fourth-order valence-corrected chi connectivity index (χ4v) is 1.34. The van der Waals surface area contributed by atoms with Gasteiger partial charge >= 0.3 is 0 Å². The average Bonchev–Trinajstić information content (AvgIpc) is 2.27. The lowest BCUT2D eigenvalue weighted by Crippen LogP contribution is -2.36. The van der Waals surface area contributed by atoms with E-state index in [2.05, 4.69) is 31.1 Å². The first-order chi connectivity index (χ1) is 8.38. The van der Waals surface area contributed by atoms with Crippen LogP contribution in [-0.4, -0.2) is 29.6 Å². The summed E-state index contributed by atoms with van der Waals surface area (Å²) in [6, 6.07) is 4.98. The minimum atomic E-state index is -0.546. The van der Waals surface area contributed by atoms with Crippen LogP contribution >= 0.6 is 0 Å². The molecule has 0 saturated heterocycles. The maximum atomic E-state index is 10.9. The summed E-state index contributed by atoms with van der Waals surface area (Å²) in [5, 5.41) is 3.36. The summed E-state index contributed by atoms with van der Waals surface area (Å²) in [5.41, 5.74) is 5.48. The van der Waals surface area contributed by atoms with Crippen LogP contribution < -0.4 is 15.8 Å². The van der Waals surface area contributed by atoms with Gasteiger partial charge in [0.1, 0.15) is 5.69 Å². The summed E-state index contributed by atoms with van der Waals surface area (Å²) in [5.74, 6) is -0.114. The summed E-state index contributed by atoms with van der Waals surface area (Å²) in [6.45, 7) is 7.78. The van der Waals surface area contributed by atoms with Gasteiger partial charge in [0.05, 0.1) is 6.61 Å². The molecule has 0 aromatic carbocycles. The van der Waals surface area contributed by atoms with Gasteiger partial charge in [0.15, 0.2) is 0 Å². The summed E-state index contributed by atoms with van der Waals surface area (Å²) >= 11 is 0. The summed E-state index contributed by atoms with van der Waals surface area (Å²) in [7, 11) is 0. The van der Waals surface area contributed by atoms with Crippen LogP contribution in [0.15, 0.2) is 18.2 Å². The zero-order valence-corrected chi connectivity index (χ0v) is 11.2. The van der Waals surface area contributed by atoms with Crippen molar-refractivity contribution >= 4 is 5.91 Å². The number of rotatable bonds is 6. The van der Waals surface area contributed by atoms with Gasteiger partial charge in [-0.15, -0.1) is 0 Å². The fourth-order valence-electron chi connectivity index (χ4n) is 1.34. The number of hydrogen-bond donors (Lipinski definition) is 2. The molecule has 0 aliphatic heterocycles. The lowest BCUT2D eigenvalue weighted by Gasteiger charge is -2.20. The number of carbonyl (C=O) groups excluding carboxylic acids is 1. The van der Waals surface area contributed by atoms with Crippen LogP contribution in [-0.2, 0) is 0 Å². The van der Waals surface area contributed by atoms with Crippen molar-refractivity contribution < 1.29 is 9.53 Å². The second-order valence-corrected chi connectivity index (χ2v) is 5.10. The van der Waals surface area contributed by atoms with Crippen LogP contribution in [0.5, 0.6) is 5.88 Å². The highest BCUT2D eigenvalue weighted by molar-refractivity contribution is 5.90. The Kier molecular flexibility index (Phi) is 5.09. The van der Waals surface area contributed by atoms with E-state index in [1.54, 1.807) is 18.2 Å². The topological polar surface area (TPSA) is 77.2 Å². The van der Waals surface area contributed by atoms with E-state index >= 15 is 0 Å². The highest BCUT2D eigenvalue weighted by Gasteiger charge is 2.07. The normalized spacial score (nSPS) is 11.3. The van der Waals surface area contributed by atoms with Gasteiger partial charge in [-0.25, -0.2) is 4.98 Å². The molecule has 3 N–H and O–H groups in total. The molecule has 5 heteroatoms. The first-order valence-corrected chi connectivity index (χ1v) is 6.03. The minimum absolute atomic E-state index is 0.115. The summed E-state index contributed by atoms with van der Waals surface area (Å²) in [6.07, 6.45) is 0.875. The molecule has 1 amide bonds. The fraction of sp³-hybridized carbons (Fsp3) is 0.538. The molecule has 0 radical (unpaired) electrons. The van der Waals surface area contributed by atoms with Gasteiger partial charge in [-0.1, -0.05) is 6.07 Å². The van der Waals surface area contributed by atoms with E-state index < -0.39 is 5.91 Å². The van der Waals surface area contributed by atoms with Crippen molar-refractivity contribution in [1.82, 2.24) is 10.3 Å². The Morgan fingerprint density at radius 2 is 2.17 bits per heavy atom. The third kappa shape index (κ3) is 5.63. The minimum Gasteiger partial charge on any atom is -0.478 e. The van der Waals surface area contributed by atoms with Crippen molar-refractivity contribution in [2.24, 2.45) is 5.73 Å². The van der Waals surface area contributed by atoms with Crippen molar-refractivity contribution in [3.63, 3.8) is 0 Å². The Bertz CT molecular complexity index is 399. The number of aromatic nitrogens is 1. The van der Waals surface area contributed by atoms with Crippen LogP contribution in [0.25, 0.3) is 0 Å². The quantitative estimate of drug-likeness (QED) is 0.748. The Labute approximate surface area is 108 Å². The number of pyridine rings is 1. The van der Waals surface area contributed by atoms with Crippen LogP contribution in [0, 0.1) is 0 Å². The van der Waals surface area contributed by atoms with E-state index in [1.165, 1.54) is 0 Å². The average molecular weight is 251 g/mol. The highest BCUT2D eigenvalue weighted by Crippen LogP contribution is 2.07. The van der Waals surface area contributed by atoms with E-state index in [0.717, 1.165) is 13.0 Å². The van der Waals surface area contributed by atoms with Crippen molar-refractivity contribution in [1.29, 1.82) is 0 Å². The molecule has 5 nitrogen and oxygen atoms in total. The van der Waals surface area contributed by atoms with Crippen molar-refractivity contribution in [2.45, 2.75) is 32.7 Å². The van der Waals surface area contributed by atoms with Gasteiger partial charge in [-0.05, 0) is 39.8 Å².